The molecule has 0 saturated carbocycles. The molecule has 4 rings (SSSR count). The largest absolute Gasteiger partial charge is 0.452 e. The quantitative estimate of drug-likeness (QED) is 0.535. The molecule has 10 heteroatoms. The number of rotatable bonds is 6. The number of carbonyl (C=O) groups is 1. The molecule has 162 valence electrons. The van der Waals surface area contributed by atoms with Gasteiger partial charge in [0, 0.05) is 30.5 Å². The lowest BCUT2D eigenvalue weighted by Gasteiger charge is -2.32. The van der Waals surface area contributed by atoms with Gasteiger partial charge in [0.05, 0.1) is 10.5 Å². The molecule has 1 unspecified atom stereocenters. The van der Waals surface area contributed by atoms with Crippen LogP contribution in [0.1, 0.15) is 42.4 Å². The van der Waals surface area contributed by atoms with Crippen molar-refractivity contribution in [2.24, 2.45) is 0 Å². The first-order valence-electron chi connectivity index (χ1n) is 9.97. The van der Waals surface area contributed by atoms with E-state index in [1.54, 1.807) is 24.5 Å². The number of ether oxygens (including phenoxy) is 1. The molecule has 0 spiro atoms. The normalized spacial score (nSPS) is 17.4. The van der Waals surface area contributed by atoms with E-state index in [4.69, 9.17) is 9.26 Å². The Bertz CT molecular complexity index is 1150. The van der Waals surface area contributed by atoms with Crippen LogP contribution in [-0.2, 0) is 21.4 Å². The summed E-state index contributed by atoms with van der Waals surface area (Å²) in [5.74, 6) is -0.123. The first-order chi connectivity index (χ1) is 14.9. The van der Waals surface area contributed by atoms with Gasteiger partial charge in [-0.3, -0.25) is 4.98 Å². The van der Waals surface area contributed by atoms with Gasteiger partial charge in [0.2, 0.25) is 15.8 Å². The van der Waals surface area contributed by atoms with Gasteiger partial charge in [0.15, 0.2) is 6.61 Å². The highest BCUT2D eigenvalue weighted by molar-refractivity contribution is 7.89. The Morgan fingerprint density at radius 3 is 2.74 bits per heavy atom. The lowest BCUT2D eigenvalue weighted by atomic mass is 10.1. The van der Waals surface area contributed by atoms with E-state index < -0.39 is 16.0 Å². The number of piperidine rings is 1. The predicted octanol–water partition coefficient (Wildman–Crippen LogP) is 3.05. The number of pyridine rings is 1. The van der Waals surface area contributed by atoms with Gasteiger partial charge in [0.25, 0.3) is 5.89 Å². The van der Waals surface area contributed by atoms with E-state index in [0.29, 0.717) is 17.9 Å². The molecule has 0 amide bonds. The lowest BCUT2D eigenvalue weighted by Crippen LogP contribution is -2.41. The molecule has 1 fully saturated rings. The molecule has 2 aromatic heterocycles. The fourth-order valence-corrected chi connectivity index (χ4v) is 5.16. The van der Waals surface area contributed by atoms with Gasteiger partial charge in [-0.25, -0.2) is 13.2 Å². The molecule has 1 saturated heterocycles. The number of sulfonamides is 1. The summed E-state index contributed by atoms with van der Waals surface area (Å²) in [5.41, 5.74) is 0.918. The molecule has 1 aliphatic rings. The van der Waals surface area contributed by atoms with Crippen LogP contribution in [0.15, 0.2) is 58.2 Å². The summed E-state index contributed by atoms with van der Waals surface area (Å²) in [7, 11) is -3.59. The summed E-state index contributed by atoms with van der Waals surface area (Å²) in [6.07, 6.45) is 5.96. The van der Waals surface area contributed by atoms with Gasteiger partial charge in [-0.2, -0.15) is 9.29 Å². The zero-order valence-corrected chi connectivity index (χ0v) is 17.8. The lowest BCUT2D eigenvalue weighted by molar-refractivity contribution is 0.0429. The van der Waals surface area contributed by atoms with Gasteiger partial charge in [0.1, 0.15) is 0 Å². The van der Waals surface area contributed by atoms with Gasteiger partial charge < -0.3 is 9.26 Å². The van der Waals surface area contributed by atoms with Crippen molar-refractivity contribution in [2.75, 3.05) is 6.54 Å². The maximum atomic E-state index is 12.9. The summed E-state index contributed by atoms with van der Waals surface area (Å²) in [5, 5.41) is 3.84. The van der Waals surface area contributed by atoms with Crippen LogP contribution >= 0.6 is 0 Å². The highest BCUT2D eigenvalue weighted by Gasteiger charge is 2.31. The van der Waals surface area contributed by atoms with Crippen molar-refractivity contribution >= 4 is 16.0 Å². The van der Waals surface area contributed by atoms with Crippen LogP contribution in [0.5, 0.6) is 0 Å². The molecule has 31 heavy (non-hydrogen) atoms. The SMILES string of the molecule is CC1CCCCN1S(=O)(=O)c1ccc(C(=O)OCc2nc(-c3cccnc3)no2)cc1. The molecule has 0 radical (unpaired) electrons. The summed E-state index contributed by atoms with van der Waals surface area (Å²) in [4.78, 5) is 20.7. The van der Waals surface area contributed by atoms with Gasteiger partial charge in [-0.05, 0) is 56.2 Å². The Kier molecular flexibility index (Phi) is 6.10. The van der Waals surface area contributed by atoms with Crippen LogP contribution in [0.25, 0.3) is 11.4 Å². The van der Waals surface area contributed by atoms with Crippen LogP contribution in [0, 0.1) is 0 Å². The first-order valence-corrected chi connectivity index (χ1v) is 11.4. The summed E-state index contributed by atoms with van der Waals surface area (Å²) in [6.45, 7) is 2.23. The van der Waals surface area contributed by atoms with E-state index >= 15 is 0 Å². The van der Waals surface area contributed by atoms with Crippen molar-refractivity contribution in [3.63, 3.8) is 0 Å². The Morgan fingerprint density at radius 1 is 1.23 bits per heavy atom. The van der Waals surface area contributed by atoms with E-state index in [0.717, 1.165) is 19.3 Å². The van der Waals surface area contributed by atoms with Crippen LogP contribution in [-0.4, -0.2) is 46.4 Å². The van der Waals surface area contributed by atoms with Crippen LogP contribution in [0.2, 0.25) is 0 Å². The predicted molar refractivity (Wildman–Crippen MR) is 110 cm³/mol. The van der Waals surface area contributed by atoms with Crippen LogP contribution < -0.4 is 0 Å². The standard InChI is InChI=1S/C21H22N4O5S/c1-15-5-2-3-12-25(15)31(27,28)18-9-7-16(8-10-18)21(26)29-14-19-23-20(24-30-19)17-6-4-11-22-13-17/h4,6-11,13,15H,2-3,5,12,14H2,1H3. The highest BCUT2D eigenvalue weighted by atomic mass is 32.2. The molecular formula is C21H22N4O5S. The molecule has 0 bridgehead atoms. The maximum Gasteiger partial charge on any atom is 0.338 e. The summed E-state index contributed by atoms with van der Waals surface area (Å²) in [6, 6.07) is 9.25. The molecule has 1 atom stereocenters. The Balaban J connectivity index is 1.39. The fraction of sp³-hybridized carbons (Fsp3) is 0.333. The zero-order chi connectivity index (χ0) is 21.8. The number of carbonyl (C=O) groups excluding carboxylic acids is 1. The van der Waals surface area contributed by atoms with Gasteiger partial charge in [-0.15, -0.1) is 0 Å². The molecule has 9 nitrogen and oxygen atoms in total. The molecule has 1 aromatic carbocycles. The van der Waals surface area contributed by atoms with Crippen molar-refractivity contribution in [2.45, 2.75) is 43.7 Å². The minimum atomic E-state index is -3.59. The third-order valence-electron chi connectivity index (χ3n) is 5.15. The van der Waals surface area contributed by atoms with Gasteiger partial charge in [-0.1, -0.05) is 11.6 Å². The summed E-state index contributed by atoms with van der Waals surface area (Å²) < 4.78 is 37.6. The Labute approximate surface area is 180 Å². The van der Waals surface area contributed by atoms with Crippen molar-refractivity contribution in [3.8, 4) is 11.4 Å². The minimum absolute atomic E-state index is 0.0330. The third kappa shape index (κ3) is 4.64. The van der Waals surface area contributed by atoms with E-state index in [9.17, 15) is 13.2 Å². The summed E-state index contributed by atoms with van der Waals surface area (Å²) >= 11 is 0. The third-order valence-corrected chi connectivity index (χ3v) is 7.18. The van der Waals surface area contributed by atoms with Crippen molar-refractivity contribution in [1.29, 1.82) is 0 Å². The van der Waals surface area contributed by atoms with E-state index in [1.165, 1.54) is 28.6 Å². The first kappa shape index (κ1) is 21.1. The second-order valence-electron chi connectivity index (χ2n) is 7.31. The number of nitrogens with zero attached hydrogens (tertiary/aromatic N) is 4. The number of benzene rings is 1. The number of aromatic nitrogens is 3. The second kappa shape index (κ2) is 8.94. The molecular weight excluding hydrogens is 420 g/mol. The van der Waals surface area contributed by atoms with Crippen molar-refractivity contribution < 1.29 is 22.5 Å². The molecule has 0 N–H and O–H groups in total. The number of esters is 1. The van der Waals surface area contributed by atoms with E-state index in [-0.39, 0.29) is 29.0 Å². The molecule has 1 aliphatic heterocycles. The van der Waals surface area contributed by atoms with Crippen LogP contribution in [0.4, 0.5) is 0 Å². The van der Waals surface area contributed by atoms with Gasteiger partial charge >= 0.3 is 5.97 Å². The minimum Gasteiger partial charge on any atom is -0.452 e. The molecule has 3 heterocycles. The average molecular weight is 442 g/mol. The Morgan fingerprint density at radius 2 is 2.03 bits per heavy atom. The second-order valence-corrected chi connectivity index (χ2v) is 9.21. The Hall–Kier alpha value is -3.11. The fourth-order valence-electron chi connectivity index (χ4n) is 3.46. The van der Waals surface area contributed by atoms with E-state index in [2.05, 4.69) is 15.1 Å². The molecule has 0 aliphatic carbocycles. The monoisotopic (exact) mass is 442 g/mol. The topological polar surface area (TPSA) is 115 Å². The number of hydrogen-bond acceptors (Lipinski definition) is 8. The van der Waals surface area contributed by atoms with Crippen molar-refractivity contribution in [1.82, 2.24) is 19.4 Å². The average Bonchev–Trinajstić information content (AvgIpc) is 3.27. The van der Waals surface area contributed by atoms with Crippen LogP contribution in [0.3, 0.4) is 0 Å². The number of hydrogen-bond donors (Lipinski definition) is 0. The maximum absolute atomic E-state index is 12.9. The van der Waals surface area contributed by atoms with Crippen molar-refractivity contribution in [3.05, 3.63) is 60.2 Å². The molecule has 3 aromatic rings. The zero-order valence-electron chi connectivity index (χ0n) is 17.0. The van der Waals surface area contributed by atoms with E-state index in [1.807, 2.05) is 6.92 Å². The smallest absolute Gasteiger partial charge is 0.338 e. The highest BCUT2D eigenvalue weighted by Crippen LogP contribution is 2.25.